The molecule has 0 saturated carbocycles. The molecule has 0 radical (unpaired) electrons. The zero-order valence-corrected chi connectivity index (χ0v) is 10.6. The third-order valence-corrected chi connectivity index (χ3v) is 2.61. The fourth-order valence-corrected chi connectivity index (χ4v) is 1.52. The number of hydrogen-bond acceptors (Lipinski definition) is 3. The monoisotopic (exact) mass is 326 g/mol. The van der Waals surface area contributed by atoms with Crippen molar-refractivity contribution in [2.45, 2.75) is 12.4 Å². The van der Waals surface area contributed by atoms with Gasteiger partial charge in [-0.05, 0) is 18.2 Å². The molecule has 0 aliphatic rings. The Morgan fingerprint density at radius 2 is 1.86 bits per heavy atom. The Kier molecular flexibility index (Phi) is 5.03. The zero-order valence-electron chi connectivity index (χ0n) is 10.6. The van der Waals surface area contributed by atoms with Crippen LogP contribution < -0.4 is 5.32 Å². The predicted molar refractivity (Wildman–Crippen MR) is 61.4 cm³/mol. The van der Waals surface area contributed by atoms with Gasteiger partial charge >= 0.3 is 12.4 Å². The molecule has 0 bridgehead atoms. The summed E-state index contributed by atoms with van der Waals surface area (Å²) in [6.07, 6.45) is -9.95. The van der Waals surface area contributed by atoms with Gasteiger partial charge in [0.15, 0.2) is 5.92 Å². The molecule has 22 heavy (non-hydrogen) atoms. The van der Waals surface area contributed by atoms with Gasteiger partial charge in [0.2, 0.25) is 5.91 Å². The maximum absolute atomic E-state index is 12.7. The van der Waals surface area contributed by atoms with Gasteiger partial charge < -0.3 is 10.4 Å². The lowest BCUT2D eigenvalue weighted by Gasteiger charge is -2.18. The molecule has 0 spiro atoms. The fourth-order valence-electron chi connectivity index (χ4n) is 1.52. The molecular formula is C12H8F6N2O2. The van der Waals surface area contributed by atoms with Crippen molar-refractivity contribution >= 4 is 11.6 Å². The van der Waals surface area contributed by atoms with Crippen LogP contribution in [-0.2, 0) is 11.0 Å². The molecule has 2 N–H and O–H groups in total. The minimum Gasteiger partial charge on any atom is -0.395 e. The third kappa shape index (κ3) is 4.11. The van der Waals surface area contributed by atoms with E-state index in [1.807, 2.05) is 0 Å². The van der Waals surface area contributed by atoms with Crippen LogP contribution in [0.4, 0.5) is 32.0 Å². The van der Waals surface area contributed by atoms with Crippen LogP contribution in [0.2, 0.25) is 0 Å². The van der Waals surface area contributed by atoms with Crippen LogP contribution in [0.25, 0.3) is 0 Å². The number of benzene rings is 1. The number of hydrogen-bond donors (Lipinski definition) is 2. The van der Waals surface area contributed by atoms with Crippen molar-refractivity contribution in [3.8, 4) is 6.07 Å². The van der Waals surface area contributed by atoms with Gasteiger partial charge in [-0.2, -0.15) is 31.6 Å². The highest BCUT2D eigenvalue weighted by molar-refractivity contribution is 5.93. The first-order valence-electron chi connectivity index (χ1n) is 5.60. The van der Waals surface area contributed by atoms with Crippen LogP contribution in [0, 0.1) is 17.2 Å². The van der Waals surface area contributed by atoms with E-state index in [0.29, 0.717) is 6.07 Å². The summed E-state index contributed by atoms with van der Waals surface area (Å²) >= 11 is 0. The van der Waals surface area contributed by atoms with Crippen molar-refractivity contribution < 1.29 is 36.2 Å². The Balaban J connectivity index is 3.10. The Morgan fingerprint density at radius 1 is 1.27 bits per heavy atom. The van der Waals surface area contributed by atoms with Gasteiger partial charge in [-0.15, -0.1) is 0 Å². The third-order valence-electron chi connectivity index (χ3n) is 2.61. The molecule has 120 valence electrons. The fraction of sp³-hybridized carbons (Fsp3) is 0.333. The lowest BCUT2D eigenvalue weighted by molar-refractivity contribution is -0.186. The number of nitrogens with zero attached hydrogens (tertiary/aromatic N) is 1. The molecule has 10 heteroatoms. The maximum atomic E-state index is 12.7. The van der Waals surface area contributed by atoms with Gasteiger partial charge in [0.05, 0.1) is 23.8 Å². The van der Waals surface area contributed by atoms with E-state index in [2.05, 4.69) is 0 Å². The van der Waals surface area contributed by atoms with Crippen molar-refractivity contribution in [3.05, 3.63) is 29.3 Å². The predicted octanol–water partition coefficient (Wildman–Crippen LogP) is 2.69. The summed E-state index contributed by atoms with van der Waals surface area (Å²) in [6, 6.07) is 3.22. The molecule has 1 aromatic rings. The minimum atomic E-state index is -5.04. The molecule has 1 atom stereocenters. The topological polar surface area (TPSA) is 73.1 Å². The summed E-state index contributed by atoms with van der Waals surface area (Å²) in [5, 5.41) is 18.8. The number of nitriles is 1. The van der Waals surface area contributed by atoms with Gasteiger partial charge in [0, 0.05) is 5.69 Å². The minimum absolute atomic E-state index is 0.348. The van der Waals surface area contributed by atoms with Gasteiger partial charge in [0.25, 0.3) is 0 Å². The van der Waals surface area contributed by atoms with E-state index in [9.17, 15) is 31.1 Å². The summed E-state index contributed by atoms with van der Waals surface area (Å²) in [6.45, 7) is -1.54. The molecule has 0 aliphatic heterocycles. The number of alkyl halides is 6. The molecule has 0 aliphatic carbocycles. The van der Waals surface area contributed by atoms with Crippen LogP contribution in [0.1, 0.15) is 11.1 Å². The van der Waals surface area contributed by atoms with Gasteiger partial charge in [-0.1, -0.05) is 0 Å². The van der Waals surface area contributed by atoms with E-state index in [1.54, 1.807) is 5.32 Å². The summed E-state index contributed by atoms with van der Waals surface area (Å²) in [5.41, 5.74) is -2.69. The first kappa shape index (κ1) is 17.8. The lowest BCUT2D eigenvalue weighted by atomic mass is 10.1. The molecule has 0 heterocycles. The van der Waals surface area contributed by atoms with Gasteiger partial charge in [-0.25, -0.2) is 0 Å². The van der Waals surface area contributed by atoms with Crippen molar-refractivity contribution in [2.75, 3.05) is 11.9 Å². The second-order valence-electron chi connectivity index (χ2n) is 4.14. The highest BCUT2D eigenvalue weighted by Gasteiger charge is 2.44. The first-order valence-corrected chi connectivity index (χ1v) is 5.60. The molecule has 0 fully saturated rings. The molecule has 1 amide bonds. The van der Waals surface area contributed by atoms with Crippen LogP contribution in [0.5, 0.6) is 0 Å². The molecule has 0 aromatic heterocycles. The zero-order chi connectivity index (χ0) is 17.1. The smallest absolute Gasteiger partial charge is 0.395 e. The highest BCUT2D eigenvalue weighted by Crippen LogP contribution is 2.34. The van der Waals surface area contributed by atoms with Gasteiger partial charge in [0.1, 0.15) is 0 Å². The second kappa shape index (κ2) is 6.23. The second-order valence-corrected chi connectivity index (χ2v) is 4.14. The van der Waals surface area contributed by atoms with Gasteiger partial charge in [-0.3, -0.25) is 4.79 Å². The van der Waals surface area contributed by atoms with Crippen LogP contribution in [0.3, 0.4) is 0 Å². The number of anilines is 1. The highest BCUT2D eigenvalue weighted by atomic mass is 19.4. The molecular weight excluding hydrogens is 318 g/mol. The molecule has 1 unspecified atom stereocenters. The molecule has 4 nitrogen and oxygen atoms in total. The average molecular weight is 326 g/mol. The summed E-state index contributed by atoms with van der Waals surface area (Å²) < 4.78 is 75.3. The van der Waals surface area contributed by atoms with E-state index in [1.165, 1.54) is 6.07 Å². The average Bonchev–Trinajstić information content (AvgIpc) is 2.36. The maximum Gasteiger partial charge on any atom is 0.417 e. The molecule has 1 aromatic carbocycles. The number of aliphatic hydroxyl groups excluding tert-OH is 1. The quantitative estimate of drug-likeness (QED) is 0.839. The van der Waals surface area contributed by atoms with E-state index in [0.717, 1.165) is 12.1 Å². The standard InChI is InChI=1S/C12H8F6N2O2/c13-11(14,15)8-3-7(2-1-6(8)4-19)20-10(22)9(5-21)12(16,17)18/h1-3,9,21H,5H2,(H,20,22). The SMILES string of the molecule is N#Cc1ccc(NC(=O)C(CO)C(F)(F)F)cc1C(F)(F)F. The van der Waals surface area contributed by atoms with Crippen molar-refractivity contribution in [1.29, 1.82) is 5.26 Å². The number of nitrogens with one attached hydrogen (secondary N) is 1. The largest absolute Gasteiger partial charge is 0.417 e. The van der Waals surface area contributed by atoms with E-state index >= 15 is 0 Å². The number of carbonyl (C=O) groups excluding carboxylic acids is 1. The van der Waals surface area contributed by atoms with Crippen molar-refractivity contribution in [2.24, 2.45) is 5.92 Å². The van der Waals surface area contributed by atoms with Crippen molar-refractivity contribution in [1.82, 2.24) is 0 Å². The van der Waals surface area contributed by atoms with E-state index in [-0.39, 0.29) is 0 Å². The number of carbonyl (C=O) groups is 1. The number of halogens is 6. The van der Waals surface area contributed by atoms with Crippen LogP contribution >= 0.6 is 0 Å². The lowest BCUT2D eigenvalue weighted by Crippen LogP contribution is -2.37. The summed E-state index contributed by atoms with van der Waals surface area (Å²) in [4.78, 5) is 11.4. The Labute approximate surface area is 120 Å². The Morgan fingerprint density at radius 3 is 2.27 bits per heavy atom. The van der Waals surface area contributed by atoms with E-state index in [4.69, 9.17) is 10.4 Å². The first-order chi connectivity index (χ1) is 10.0. The molecule has 1 rings (SSSR count). The van der Waals surface area contributed by atoms with Crippen LogP contribution in [0.15, 0.2) is 18.2 Å². The summed E-state index contributed by atoms with van der Waals surface area (Å²) in [5.74, 6) is -4.47. The Bertz CT molecular complexity index is 603. The Hall–Kier alpha value is -2.28. The number of aliphatic hydroxyl groups is 1. The molecule has 0 saturated heterocycles. The summed E-state index contributed by atoms with van der Waals surface area (Å²) in [7, 11) is 0. The van der Waals surface area contributed by atoms with Crippen molar-refractivity contribution in [3.63, 3.8) is 0 Å². The number of rotatable bonds is 3. The number of amides is 1. The van der Waals surface area contributed by atoms with E-state index < -0.39 is 47.6 Å². The van der Waals surface area contributed by atoms with Crippen LogP contribution in [-0.4, -0.2) is 23.8 Å². The normalized spacial score (nSPS) is 13.4.